The molecule has 1 fully saturated rings. The molecule has 9 heteroatoms. The first-order valence-electron chi connectivity index (χ1n) is 8.56. The molecule has 2 aliphatic rings. The summed E-state index contributed by atoms with van der Waals surface area (Å²) >= 11 is 0. The van der Waals surface area contributed by atoms with Crippen LogP contribution < -0.4 is 0 Å². The summed E-state index contributed by atoms with van der Waals surface area (Å²) in [4.78, 5) is 25.3. The Hall–Kier alpha value is -2.13. The third-order valence-corrected chi connectivity index (χ3v) is 6.71. The van der Waals surface area contributed by atoms with Gasteiger partial charge < -0.3 is 14.4 Å². The van der Waals surface area contributed by atoms with E-state index in [1.54, 1.807) is 0 Å². The van der Waals surface area contributed by atoms with Crippen LogP contribution in [-0.2, 0) is 14.8 Å². The number of carboxylic acids is 1. The fourth-order valence-corrected chi connectivity index (χ4v) is 4.65. The number of carbonyl (C=O) groups is 2. The van der Waals surface area contributed by atoms with E-state index >= 15 is 0 Å². The average molecular weight is 382 g/mol. The molecule has 1 aromatic heterocycles. The first kappa shape index (κ1) is 18.7. The summed E-state index contributed by atoms with van der Waals surface area (Å²) < 4.78 is 31.3. The van der Waals surface area contributed by atoms with E-state index in [1.165, 1.54) is 9.88 Å². The highest BCUT2D eigenvalue weighted by Crippen LogP contribution is 2.27. The topological polar surface area (TPSA) is 108 Å². The Morgan fingerprint density at radius 1 is 1.19 bits per heavy atom. The van der Waals surface area contributed by atoms with Crippen molar-refractivity contribution < 1.29 is 27.5 Å². The Kier molecular flexibility index (Phi) is 5.19. The second kappa shape index (κ2) is 7.24. The van der Waals surface area contributed by atoms with Gasteiger partial charge in [0.1, 0.15) is 0 Å². The molecule has 1 aromatic rings. The van der Waals surface area contributed by atoms with Crippen molar-refractivity contribution in [2.45, 2.75) is 31.3 Å². The Morgan fingerprint density at radius 2 is 1.88 bits per heavy atom. The van der Waals surface area contributed by atoms with Crippen molar-refractivity contribution in [3.05, 3.63) is 29.5 Å². The van der Waals surface area contributed by atoms with Gasteiger partial charge in [-0.3, -0.25) is 4.79 Å². The van der Waals surface area contributed by atoms with Gasteiger partial charge in [-0.05, 0) is 38.3 Å². The predicted molar refractivity (Wildman–Crippen MR) is 92.1 cm³/mol. The third-order valence-electron chi connectivity index (χ3n) is 4.94. The zero-order valence-corrected chi connectivity index (χ0v) is 15.4. The molecular formula is C17H22N2O6S. The number of carboxylic acid groups (broad SMARTS) is 1. The van der Waals surface area contributed by atoms with Gasteiger partial charge in [0, 0.05) is 32.1 Å². The number of sulfonamides is 1. The molecule has 0 bridgehead atoms. The number of rotatable bonds is 4. The summed E-state index contributed by atoms with van der Waals surface area (Å²) in [6.45, 7) is 3.81. The largest absolute Gasteiger partial charge is 0.475 e. The van der Waals surface area contributed by atoms with Crippen LogP contribution in [0.3, 0.4) is 0 Å². The van der Waals surface area contributed by atoms with E-state index < -0.39 is 21.8 Å². The van der Waals surface area contributed by atoms with E-state index in [2.05, 4.69) is 13.0 Å². The van der Waals surface area contributed by atoms with E-state index in [0.717, 1.165) is 18.6 Å². The zero-order chi connectivity index (χ0) is 18.9. The van der Waals surface area contributed by atoms with Crippen molar-refractivity contribution >= 4 is 21.9 Å². The lowest BCUT2D eigenvalue weighted by atomic mass is 9.95. The number of furan rings is 1. The van der Waals surface area contributed by atoms with Crippen LogP contribution in [0.2, 0.25) is 0 Å². The van der Waals surface area contributed by atoms with Crippen LogP contribution in [0, 0.1) is 5.92 Å². The van der Waals surface area contributed by atoms with Crippen LogP contribution in [0.4, 0.5) is 0 Å². The standard InChI is InChI=1S/C17H22N2O6S/c1-12-4-8-18(9-5-12)16(20)13-6-10-19(11-7-13)26(23,24)15-3-2-14(25-15)17(21)22/h2-4,13H,5-11H2,1H3,(H,21,22). The molecule has 1 saturated heterocycles. The SMILES string of the molecule is CC1=CCN(C(=O)C2CCN(S(=O)(=O)c3ccc(C(=O)O)o3)CC2)CC1. The fraction of sp³-hybridized carbons (Fsp3) is 0.529. The number of hydrogen-bond acceptors (Lipinski definition) is 5. The Balaban J connectivity index is 1.62. The van der Waals surface area contributed by atoms with E-state index in [1.807, 2.05) is 4.90 Å². The summed E-state index contributed by atoms with van der Waals surface area (Å²) in [7, 11) is -3.89. The Labute approximate surface area is 152 Å². The normalized spacial score (nSPS) is 20.0. The van der Waals surface area contributed by atoms with Crippen molar-refractivity contribution in [1.82, 2.24) is 9.21 Å². The molecule has 0 spiro atoms. The number of amides is 1. The van der Waals surface area contributed by atoms with Gasteiger partial charge in [-0.15, -0.1) is 0 Å². The van der Waals surface area contributed by atoms with Crippen molar-refractivity contribution in [1.29, 1.82) is 0 Å². The summed E-state index contributed by atoms with van der Waals surface area (Å²) in [6.07, 6.45) is 3.83. The molecule has 3 rings (SSSR count). The van der Waals surface area contributed by atoms with E-state index in [-0.39, 0.29) is 30.0 Å². The highest BCUT2D eigenvalue weighted by atomic mass is 32.2. The first-order valence-corrected chi connectivity index (χ1v) is 10.0. The Morgan fingerprint density at radius 3 is 2.42 bits per heavy atom. The highest BCUT2D eigenvalue weighted by molar-refractivity contribution is 7.89. The molecular weight excluding hydrogens is 360 g/mol. The summed E-state index contributed by atoms with van der Waals surface area (Å²) in [5.74, 6) is -1.83. The van der Waals surface area contributed by atoms with Crippen molar-refractivity contribution in [3.63, 3.8) is 0 Å². The second-order valence-electron chi connectivity index (χ2n) is 6.69. The lowest BCUT2D eigenvalue weighted by molar-refractivity contribution is -0.136. The van der Waals surface area contributed by atoms with Gasteiger partial charge in [0.15, 0.2) is 0 Å². The molecule has 3 heterocycles. The van der Waals surface area contributed by atoms with Crippen LogP contribution in [0.25, 0.3) is 0 Å². The smallest absolute Gasteiger partial charge is 0.371 e. The van der Waals surface area contributed by atoms with Gasteiger partial charge in [0.05, 0.1) is 0 Å². The molecule has 0 radical (unpaired) electrons. The minimum atomic E-state index is -3.89. The monoisotopic (exact) mass is 382 g/mol. The molecule has 0 atom stereocenters. The molecule has 1 amide bonds. The van der Waals surface area contributed by atoms with Crippen LogP contribution in [0.15, 0.2) is 33.3 Å². The Bertz CT molecular complexity index is 833. The van der Waals surface area contributed by atoms with Crippen molar-refractivity contribution in [3.8, 4) is 0 Å². The first-order chi connectivity index (χ1) is 12.3. The average Bonchev–Trinajstić information content (AvgIpc) is 3.13. The molecule has 2 aliphatic heterocycles. The van der Waals surface area contributed by atoms with Gasteiger partial charge in [-0.25, -0.2) is 13.2 Å². The minimum Gasteiger partial charge on any atom is -0.475 e. The van der Waals surface area contributed by atoms with Crippen LogP contribution in [-0.4, -0.2) is 60.8 Å². The zero-order valence-electron chi connectivity index (χ0n) is 14.6. The lowest BCUT2D eigenvalue weighted by Crippen LogP contribution is -2.45. The maximum atomic E-state index is 12.6. The molecule has 142 valence electrons. The molecule has 0 unspecified atom stereocenters. The number of hydrogen-bond donors (Lipinski definition) is 1. The van der Waals surface area contributed by atoms with Crippen LogP contribution in [0.1, 0.15) is 36.7 Å². The molecule has 26 heavy (non-hydrogen) atoms. The maximum Gasteiger partial charge on any atom is 0.371 e. The number of nitrogens with zero attached hydrogens (tertiary/aromatic N) is 2. The van der Waals surface area contributed by atoms with Gasteiger partial charge in [0.2, 0.25) is 16.8 Å². The van der Waals surface area contributed by atoms with Gasteiger partial charge in [-0.1, -0.05) is 11.6 Å². The molecule has 0 aliphatic carbocycles. The molecule has 0 aromatic carbocycles. The van der Waals surface area contributed by atoms with E-state index in [9.17, 15) is 18.0 Å². The quantitative estimate of drug-likeness (QED) is 0.792. The van der Waals surface area contributed by atoms with E-state index in [0.29, 0.717) is 25.9 Å². The second-order valence-corrected chi connectivity index (χ2v) is 8.56. The molecule has 8 nitrogen and oxygen atoms in total. The maximum absolute atomic E-state index is 12.6. The number of carbonyl (C=O) groups excluding carboxylic acids is 1. The van der Waals surface area contributed by atoms with Crippen molar-refractivity contribution in [2.75, 3.05) is 26.2 Å². The van der Waals surface area contributed by atoms with Gasteiger partial charge in [0.25, 0.3) is 10.0 Å². The van der Waals surface area contributed by atoms with Crippen LogP contribution >= 0.6 is 0 Å². The molecule has 0 saturated carbocycles. The highest BCUT2D eigenvalue weighted by Gasteiger charge is 2.35. The fourth-order valence-electron chi connectivity index (χ4n) is 3.27. The minimum absolute atomic E-state index is 0.0805. The van der Waals surface area contributed by atoms with Crippen LogP contribution in [0.5, 0.6) is 0 Å². The molecule has 1 N–H and O–H groups in total. The van der Waals surface area contributed by atoms with Gasteiger partial charge in [-0.2, -0.15) is 4.31 Å². The third kappa shape index (κ3) is 3.68. The number of aromatic carboxylic acids is 1. The lowest BCUT2D eigenvalue weighted by Gasteiger charge is -2.34. The summed E-state index contributed by atoms with van der Waals surface area (Å²) in [5.41, 5.74) is 1.29. The number of piperidine rings is 1. The summed E-state index contributed by atoms with van der Waals surface area (Å²) in [5, 5.41) is 8.48. The van der Waals surface area contributed by atoms with Gasteiger partial charge >= 0.3 is 5.97 Å². The van der Waals surface area contributed by atoms with E-state index in [4.69, 9.17) is 9.52 Å². The predicted octanol–water partition coefficient (Wildman–Crippen LogP) is 1.56. The van der Waals surface area contributed by atoms with Crippen molar-refractivity contribution in [2.24, 2.45) is 5.92 Å². The summed E-state index contributed by atoms with van der Waals surface area (Å²) in [6, 6.07) is 2.27.